The highest BCUT2D eigenvalue weighted by atomic mass is 16.5. The summed E-state index contributed by atoms with van der Waals surface area (Å²) in [4.78, 5) is 0. The molecule has 0 atom stereocenters. The van der Waals surface area contributed by atoms with Crippen molar-refractivity contribution < 1.29 is 4.74 Å². The molecule has 0 saturated heterocycles. The number of nitrogens with one attached hydrogen (secondary N) is 1. The van der Waals surface area contributed by atoms with Crippen LogP contribution >= 0.6 is 0 Å². The second-order valence-corrected chi connectivity index (χ2v) is 6.35. The predicted octanol–water partition coefficient (Wildman–Crippen LogP) is 3.57. The molecule has 0 bridgehead atoms. The predicted molar refractivity (Wildman–Crippen MR) is 85.0 cm³/mol. The van der Waals surface area contributed by atoms with E-state index in [0.29, 0.717) is 0 Å². The molecule has 2 aromatic rings. The Balaban J connectivity index is 2.12. The van der Waals surface area contributed by atoms with E-state index in [1.807, 2.05) is 0 Å². The standard InChI is InChI=1S/C17H26N2O/c1-17(2,3)18-13-14-6-7-15-8-10-19(16(15)12-14)9-5-11-20-4/h6-8,10,12,18H,5,9,11,13H2,1-4H3. The second kappa shape index (κ2) is 6.42. The summed E-state index contributed by atoms with van der Waals surface area (Å²) in [6.07, 6.45) is 3.21. The maximum Gasteiger partial charge on any atom is 0.0483 e. The fraction of sp³-hybridized carbons (Fsp3) is 0.529. The van der Waals surface area contributed by atoms with Gasteiger partial charge in [0.25, 0.3) is 0 Å². The molecule has 0 unspecified atom stereocenters. The van der Waals surface area contributed by atoms with E-state index < -0.39 is 0 Å². The van der Waals surface area contributed by atoms with Gasteiger partial charge in [-0.15, -0.1) is 0 Å². The van der Waals surface area contributed by atoms with Crippen molar-refractivity contribution in [1.29, 1.82) is 0 Å². The van der Waals surface area contributed by atoms with Crippen LogP contribution in [0.4, 0.5) is 0 Å². The van der Waals surface area contributed by atoms with Crippen LogP contribution in [-0.2, 0) is 17.8 Å². The zero-order valence-corrected chi connectivity index (χ0v) is 13.1. The van der Waals surface area contributed by atoms with Gasteiger partial charge in [-0.3, -0.25) is 0 Å². The van der Waals surface area contributed by atoms with Gasteiger partial charge in [-0.25, -0.2) is 0 Å². The minimum Gasteiger partial charge on any atom is -0.385 e. The molecular formula is C17H26N2O. The zero-order valence-electron chi connectivity index (χ0n) is 13.1. The first-order chi connectivity index (χ1) is 9.49. The Kier molecular flexibility index (Phi) is 4.84. The Morgan fingerprint density at radius 3 is 2.70 bits per heavy atom. The average molecular weight is 274 g/mol. The normalized spacial score (nSPS) is 12.2. The Hall–Kier alpha value is -1.32. The molecule has 0 spiro atoms. The van der Waals surface area contributed by atoms with Gasteiger partial charge in [0.1, 0.15) is 0 Å². The Morgan fingerprint density at radius 1 is 1.20 bits per heavy atom. The summed E-state index contributed by atoms with van der Waals surface area (Å²) < 4.78 is 7.44. The number of aryl methyl sites for hydroxylation is 1. The lowest BCUT2D eigenvalue weighted by molar-refractivity contribution is 0.190. The van der Waals surface area contributed by atoms with Crippen LogP contribution in [0.2, 0.25) is 0 Å². The highest BCUT2D eigenvalue weighted by Crippen LogP contribution is 2.18. The molecule has 110 valence electrons. The molecular weight excluding hydrogens is 248 g/mol. The highest BCUT2D eigenvalue weighted by molar-refractivity contribution is 5.80. The van der Waals surface area contributed by atoms with Crippen molar-refractivity contribution in [3.05, 3.63) is 36.0 Å². The Labute approximate surface area is 121 Å². The van der Waals surface area contributed by atoms with Crippen LogP contribution < -0.4 is 5.32 Å². The molecule has 1 aromatic heterocycles. The maximum atomic E-state index is 5.13. The lowest BCUT2D eigenvalue weighted by Gasteiger charge is -2.20. The number of fused-ring (bicyclic) bond motifs is 1. The van der Waals surface area contributed by atoms with Gasteiger partial charge in [-0.05, 0) is 50.3 Å². The summed E-state index contributed by atoms with van der Waals surface area (Å²) in [5.74, 6) is 0. The molecule has 1 aromatic carbocycles. The van der Waals surface area contributed by atoms with Gasteiger partial charge in [0, 0.05) is 44.1 Å². The largest absolute Gasteiger partial charge is 0.385 e. The van der Waals surface area contributed by atoms with E-state index in [9.17, 15) is 0 Å². The van der Waals surface area contributed by atoms with Crippen molar-refractivity contribution in [3.8, 4) is 0 Å². The van der Waals surface area contributed by atoms with Crippen LogP contribution in [-0.4, -0.2) is 23.8 Å². The third kappa shape index (κ3) is 4.09. The van der Waals surface area contributed by atoms with Crippen molar-refractivity contribution in [2.45, 2.75) is 45.8 Å². The summed E-state index contributed by atoms with van der Waals surface area (Å²) in [6, 6.07) is 8.90. The van der Waals surface area contributed by atoms with Gasteiger partial charge < -0.3 is 14.6 Å². The van der Waals surface area contributed by atoms with Crippen molar-refractivity contribution in [2.75, 3.05) is 13.7 Å². The summed E-state index contributed by atoms with van der Waals surface area (Å²) >= 11 is 0. The van der Waals surface area contributed by atoms with E-state index in [1.165, 1.54) is 16.5 Å². The third-order valence-corrected chi connectivity index (χ3v) is 3.41. The number of benzene rings is 1. The number of methoxy groups -OCH3 is 1. The van der Waals surface area contributed by atoms with Crippen LogP contribution in [0.15, 0.2) is 30.5 Å². The number of nitrogens with zero attached hydrogens (tertiary/aromatic N) is 1. The second-order valence-electron chi connectivity index (χ2n) is 6.35. The molecule has 0 saturated carbocycles. The van der Waals surface area contributed by atoms with E-state index in [1.54, 1.807) is 7.11 Å². The fourth-order valence-corrected chi connectivity index (χ4v) is 2.28. The molecule has 0 aliphatic rings. The fourth-order valence-electron chi connectivity index (χ4n) is 2.28. The van der Waals surface area contributed by atoms with E-state index in [2.05, 4.69) is 61.1 Å². The first-order valence-electron chi connectivity index (χ1n) is 7.31. The van der Waals surface area contributed by atoms with Crippen LogP contribution in [0.1, 0.15) is 32.8 Å². The smallest absolute Gasteiger partial charge is 0.0483 e. The molecule has 1 N–H and O–H groups in total. The average Bonchev–Trinajstić information content (AvgIpc) is 2.79. The number of hydrogen-bond donors (Lipinski definition) is 1. The first kappa shape index (κ1) is 15.1. The lowest BCUT2D eigenvalue weighted by atomic mass is 10.1. The number of rotatable bonds is 6. The van der Waals surface area contributed by atoms with E-state index in [0.717, 1.165) is 26.1 Å². The number of aromatic nitrogens is 1. The van der Waals surface area contributed by atoms with Gasteiger partial charge in [-0.2, -0.15) is 0 Å². The highest BCUT2D eigenvalue weighted by Gasteiger charge is 2.09. The Bertz CT molecular complexity index is 552. The van der Waals surface area contributed by atoms with Gasteiger partial charge >= 0.3 is 0 Å². The molecule has 0 aliphatic heterocycles. The molecule has 0 amide bonds. The van der Waals surface area contributed by atoms with Gasteiger partial charge in [-0.1, -0.05) is 12.1 Å². The minimum absolute atomic E-state index is 0.148. The maximum absolute atomic E-state index is 5.13. The van der Waals surface area contributed by atoms with Gasteiger partial charge in [0.2, 0.25) is 0 Å². The molecule has 3 heteroatoms. The first-order valence-corrected chi connectivity index (χ1v) is 7.31. The molecule has 0 radical (unpaired) electrons. The quantitative estimate of drug-likeness (QED) is 0.815. The Morgan fingerprint density at radius 2 is 2.00 bits per heavy atom. The SMILES string of the molecule is COCCCn1ccc2ccc(CNC(C)(C)C)cc21. The summed E-state index contributed by atoms with van der Waals surface area (Å²) in [5, 5.41) is 4.84. The summed E-state index contributed by atoms with van der Waals surface area (Å²) in [5.41, 5.74) is 2.79. The van der Waals surface area contributed by atoms with E-state index >= 15 is 0 Å². The van der Waals surface area contributed by atoms with Crippen molar-refractivity contribution >= 4 is 10.9 Å². The van der Waals surface area contributed by atoms with Crippen molar-refractivity contribution in [3.63, 3.8) is 0 Å². The van der Waals surface area contributed by atoms with Gasteiger partial charge in [0.05, 0.1) is 0 Å². The number of hydrogen-bond acceptors (Lipinski definition) is 2. The summed E-state index contributed by atoms with van der Waals surface area (Å²) in [7, 11) is 1.75. The minimum atomic E-state index is 0.148. The monoisotopic (exact) mass is 274 g/mol. The summed E-state index contributed by atoms with van der Waals surface area (Å²) in [6.45, 7) is 9.30. The van der Waals surface area contributed by atoms with E-state index in [4.69, 9.17) is 4.74 Å². The molecule has 20 heavy (non-hydrogen) atoms. The van der Waals surface area contributed by atoms with Crippen LogP contribution in [0, 0.1) is 0 Å². The van der Waals surface area contributed by atoms with Crippen LogP contribution in [0.3, 0.4) is 0 Å². The molecule has 1 heterocycles. The van der Waals surface area contributed by atoms with Crippen LogP contribution in [0.5, 0.6) is 0 Å². The van der Waals surface area contributed by atoms with Crippen molar-refractivity contribution in [1.82, 2.24) is 9.88 Å². The van der Waals surface area contributed by atoms with Crippen LogP contribution in [0.25, 0.3) is 10.9 Å². The molecule has 2 rings (SSSR count). The van der Waals surface area contributed by atoms with Gasteiger partial charge in [0.15, 0.2) is 0 Å². The molecule has 0 fully saturated rings. The number of ether oxygens (including phenoxy) is 1. The van der Waals surface area contributed by atoms with E-state index in [-0.39, 0.29) is 5.54 Å². The zero-order chi connectivity index (χ0) is 14.6. The lowest BCUT2D eigenvalue weighted by Crippen LogP contribution is -2.35. The molecule has 3 nitrogen and oxygen atoms in total. The molecule has 0 aliphatic carbocycles. The topological polar surface area (TPSA) is 26.2 Å². The third-order valence-electron chi connectivity index (χ3n) is 3.41. The van der Waals surface area contributed by atoms with Crippen molar-refractivity contribution in [2.24, 2.45) is 0 Å².